The van der Waals surface area contributed by atoms with Gasteiger partial charge in [0.15, 0.2) is 0 Å². The van der Waals surface area contributed by atoms with E-state index in [1.807, 2.05) is 6.07 Å². The first-order valence-electron chi connectivity index (χ1n) is 7.19. The van der Waals surface area contributed by atoms with Crippen molar-refractivity contribution in [1.29, 1.82) is 5.26 Å². The first-order valence-corrected chi connectivity index (χ1v) is 7.19. The Labute approximate surface area is 116 Å². The first kappa shape index (κ1) is 13.9. The van der Waals surface area contributed by atoms with Crippen LogP contribution in [-0.2, 0) is 6.54 Å². The van der Waals surface area contributed by atoms with Crippen molar-refractivity contribution in [3.05, 3.63) is 29.3 Å². The molecular weight excluding hydrogens is 234 g/mol. The number of nitrogens with one attached hydrogen (secondary N) is 1. The lowest BCUT2D eigenvalue weighted by atomic mass is 10.1. The molecule has 0 unspecified atom stereocenters. The molecule has 0 aromatic heterocycles. The van der Waals surface area contributed by atoms with Crippen molar-refractivity contribution in [2.75, 3.05) is 24.5 Å². The molecule has 102 valence electrons. The summed E-state index contributed by atoms with van der Waals surface area (Å²) in [6.07, 6.45) is 2.48. The van der Waals surface area contributed by atoms with E-state index in [9.17, 15) is 5.26 Å². The molecule has 1 aromatic carbocycles. The smallest absolute Gasteiger partial charge is 0.101 e. The number of nitriles is 1. The van der Waals surface area contributed by atoms with Gasteiger partial charge in [-0.1, -0.05) is 19.9 Å². The second-order valence-corrected chi connectivity index (χ2v) is 5.68. The predicted octanol–water partition coefficient (Wildman–Crippen LogP) is 2.90. The molecule has 0 radical (unpaired) electrons. The van der Waals surface area contributed by atoms with Crippen LogP contribution in [0.15, 0.2) is 18.2 Å². The highest BCUT2D eigenvalue weighted by atomic mass is 15.1. The molecule has 0 amide bonds. The predicted molar refractivity (Wildman–Crippen MR) is 79.1 cm³/mol. The molecule has 1 N–H and O–H groups in total. The van der Waals surface area contributed by atoms with Gasteiger partial charge < -0.3 is 10.2 Å². The number of benzene rings is 1. The molecule has 1 aliphatic rings. The molecule has 1 saturated heterocycles. The van der Waals surface area contributed by atoms with Crippen molar-refractivity contribution in [2.24, 2.45) is 5.92 Å². The first-order chi connectivity index (χ1) is 9.20. The zero-order valence-electron chi connectivity index (χ0n) is 11.9. The van der Waals surface area contributed by atoms with E-state index in [0.717, 1.165) is 37.4 Å². The SMILES string of the molecule is CC(C)CNCc1ccc(N2CCCC2)c(C#N)c1. The van der Waals surface area contributed by atoms with Gasteiger partial charge in [0.05, 0.1) is 11.3 Å². The second kappa shape index (κ2) is 6.58. The van der Waals surface area contributed by atoms with E-state index in [1.165, 1.54) is 18.4 Å². The van der Waals surface area contributed by atoms with Crippen LogP contribution < -0.4 is 10.2 Å². The molecule has 1 aliphatic heterocycles. The Kier molecular flexibility index (Phi) is 4.81. The van der Waals surface area contributed by atoms with Crippen molar-refractivity contribution in [3.63, 3.8) is 0 Å². The summed E-state index contributed by atoms with van der Waals surface area (Å²) in [5, 5.41) is 12.7. The number of rotatable bonds is 5. The van der Waals surface area contributed by atoms with Crippen LogP contribution in [0.2, 0.25) is 0 Å². The van der Waals surface area contributed by atoms with Gasteiger partial charge in [-0.3, -0.25) is 0 Å². The summed E-state index contributed by atoms with van der Waals surface area (Å²) in [4.78, 5) is 2.32. The molecule has 3 nitrogen and oxygen atoms in total. The lowest BCUT2D eigenvalue weighted by Gasteiger charge is -2.19. The molecule has 0 atom stereocenters. The van der Waals surface area contributed by atoms with E-state index in [4.69, 9.17) is 0 Å². The van der Waals surface area contributed by atoms with E-state index in [1.54, 1.807) is 0 Å². The zero-order chi connectivity index (χ0) is 13.7. The van der Waals surface area contributed by atoms with E-state index < -0.39 is 0 Å². The van der Waals surface area contributed by atoms with Crippen LogP contribution in [0.3, 0.4) is 0 Å². The summed E-state index contributed by atoms with van der Waals surface area (Å²) < 4.78 is 0. The van der Waals surface area contributed by atoms with Crippen LogP contribution in [0.25, 0.3) is 0 Å². The van der Waals surface area contributed by atoms with Crippen LogP contribution in [0, 0.1) is 17.2 Å². The lowest BCUT2D eigenvalue weighted by Crippen LogP contribution is -2.20. The quantitative estimate of drug-likeness (QED) is 0.881. The van der Waals surface area contributed by atoms with Crippen molar-refractivity contribution in [1.82, 2.24) is 5.32 Å². The van der Waals surface area contributed by atoms with E-state index in [-0.39, 0.29) is 0 Å². The van der Waals surface area contributed by atoms with Crippen LogP contribution >= 0.6 is 0 Å². The topological polar surface area (TPSA) is 39.1 Å². The minimum absolute atomic E-state index is 0.652. The Morgan fingerprint density at radius 3 is 2.68 bits per heavy atom. The monoisotopic (exact) mass is 257 g/mol. The van der Waals surface area contributed by atoms with E-state index >= 15 is 0 Å². The number of nitrogens with zero attached hydrogens (tertiary/aromatic N) is 2. The largest absolute Gasteiger partial charge is 0.370 e. The van der Waals surface area contributed by atoms with E-state index in [0.29, 0.717) is 5.92 Å². The molecule has 1 fully saturated rings. The summed E-state index contributed by atoms with van der Waals surface area (Å²) in [5.74, 6) is 0.652. The van der Waals surface area contributed by atoms with Crippen molar-refractivity contribution < 1.29 is 0 Å². The van der Waals surface area contributed by atoms with Gasteiger partial charge in [-0.15, -0.1) is 0 Å². The van der Waals surface area contributed by atoms with Gasteiger partial charge in [0.2, 0.25) is 0 Å². The molecule has 1 aromatic rings. The molecule has 0 aliphatic carbocycles. The Hall–Kier alpha value is -1.53. The maximum atomic E-state index is 9.32. The average molecular weight is 257 g/mol. The van der Waals surface area contributed by atoms with Crippen molar-refractivity contribution in [2.45, 2.75) is 33.2 Å². The molecule has 0 saturated carbocycles. The molecule has 0 spiro atoms. The Bertz CT molecular complexity index is 454. The third-order valence-electron chi connectivity index (χ3n) is 3.51. The highest BCUT2D eigenvalue weighted by Crippen LogP contribution is 2.25. The fraction of sp³-hybridized carbons (Fsp3) is 0.562. The highest BCUT2D eigenvalue weighted by molar-refractivity contribution is 5.60. The average Bonchev–Trinajstić information content (AvgIpc) is 2.92. The number of anilines is 1. The maximum Gasteiger partial charge on any atom is 0.101 e. The van der Waals surface area contributed by atoms with Gasteiger partial charge in [0.25, 0.3) is 0 Å². The van der Waals surface area contributed by atoms with Crippen LogP contribution in [0.5, 0.6) is 0 Å². The minimum Gasteiger partial charge on any atom is -0.370 e. The molecular formula is C16H23N3. The summed E-state index contributed by atoms with van der Waals surface area (Å²) in [7, 11) is 0. The van der Waals surface area contributed by atoms with Gasteiger partial charge in [-0.05, 0) is 43.0 Å². The summed E-state index contributed by atoms with van der Waals surface area (Å²) >= 11 is 0. The maximum absolute atomic E-state index is 9.32. The van der Waals surface area contributed by atoms with Crippen LogP contribution in [0.4, 0.5) is 5.69 Å². The third-order valence-corrected chi connectivity index (χ3v) is 3.51. The second-order valence-electron chi connectivity index (χ2n) is 5.68. The molecule has 1 heterocycles. The van der Waals surface area contributed by atoms with Crippen LogP contribution in [0.1, 0.15) is 37.8 Å². The molecule has 19 heavy (non-hydrogen) atoms. The summed E-state index contributed by atoms with van der Waals surface area (Å²) in [6.45, 7) is 8.41. The van der Waals surface area contributed by atoms with Crippen LogP contribution in [-0.4, -0.2) is 19.6 Å². The summed E-state index contributed by atoms with van der Waals surface area (Å²) in [5.41, 5.74) is 3.11. The summed E-state index contributed by atoms with van der Waals surface area (Å²) in [6, 6.07) is 8.62. The normalized spacial score (nSPS) is 14.9. The van der Waals surface area contributed by atoms with Gasteiger partial charge in [0.1, 0.15) is 6.07 Å². The standard InChI is InChI=1S/C16H23N3/c1-13(2)11-18-12-14-5-6-16(15(9-14)10-17)19-7-3-4-8-19/h5-6,9,13,18H,3-4,7-8,11-12H2,1-2H3. The Morgan fingerprint density at radius 1 is 1.32 bits per heavy atom. The molecule has 3 heteroatoms. The van der Waals surface area contributed by atoms with Gasteiger partial charge in [0, 0.05) is 19.6 Å². The fourth-order valence-corrected chi connectivity index (χ4v) is 2.52. The Balaban J connectivity index is 2.05. The Morgan fingerprint density at radius 2 is 2.05 bits per heavy atom. The fourth-order valence-electron chi connectivity index (χ4n) is 2.52. The third kappa shape index (κ3) is 3.71. The minimum atomic E-state index is 0.652. The van der Waals surface area contributed by atoms with Crippen molar-refractivity contribution >= 4 is 5.69 Å². The molecule has 2 rings (SSSR count). The lowest BCUT2D eigenvalue weighted by molar-refractivity contribution is 0.552. The van der Waals surface area contributed by atoms with Gasteiger partial charge in [-0.2, -0.15) is 5.26 Å². The highest BCUT2D eigenvalue weighted by Gasteiger charge is 2.15. The van der Waals surface area contributed by atoms with Crippen molar-refractivity contribution in [3.8, 4) is 6.07 Å². The number of hydrogen-bond acceptors (Lipinski definition) is 3. The van der Waals surface area contributed by atoms with Gasteiger partial charge >= 0.3 is 0 Å². The number of hydrogen-bond donors (Lipinski definition) is 1. The zero-order valence-corrected chi connectivity index (χ0v) is 11.9. The molecule has 0 bridgehead atoms. The van der Waals surface area contributed by atoms with E-state index in [2.05, 4.69) is 42.3 Å². The van der Waals surface area contributed by atoms with Gasteiger partial charge in [-0.25, -0.2) is 0 Å².